The van der Waals surface area contributed by atoms with E-state index < -0.39 is 9.96 Å². The number of alkyl halides is 3. The van der Waals surface area contributed by atoms with Crippen molar-refractivity contribution in [1.29, 1.82) is 0 Å². The van der Waals surface area contributed by atoms with Crippen molar-refractivity contribution in [3.8, 4) is 0 Å². The van der Waals surface area contributed by atoms with Gasteiger partial charge in [0.15, 0.2) is 5.11 Å². The van der Waals surface area contributed by atoms with Gasteiger partial charge in [0, 0.05) is 17.5 Å². The summed E-state index contributed by atoms with van der Waals surface area (Å²) in [6, 6.07) is 13.7. The molecular formula is C18H20Cl3N3OS. The maximum Gasteiger partial charge on any atom is 0.228 e. The summed E-state index contributed by atoms with van der Waals surface area (Å²) in [5.74, 6) is -0.0384. The lowest BCUT2D eigenvalue weighted by molar-refractivity contribution is -0.122. The lowest BCUT2D eigenvalue weighted by Crippen LogP contribution is -2.56. The van der Waals surface area contributed by atoms with Crippen molar-refractivity contribution in [2.75, 3.05) is 5.32 Å². The molecule has 0 aliphatic heterocycles. The minimum absolute atomic E-state index is 0.187. The summed E-state index contributed by atoms with van der Waals surface area (Å²) >= 11 is 23.3. The highest BCUT2D eigenvalue weighted by Crippen LogP contribution is 2.29. The Morgan fingerprint density at radius 2 is 1.73 bits per heavy atom. The predicted molar refractivity (Wildman–Crippen MR) is 115 cm³/mol. The van der Waals surface area contributed by atoms with Crippen LogP contribution in [-0.4, -0.2) is 21.0 Å². The van der Waals surface area contributed by atoms with Crippen LogP contribution in [0, 0.1) is 5.92 Å². The van der Waals surface area contributed by atoms with Gasteiger partial charge in [-0.25, -0.2) is 0 Å². The molecule has 26 heavy (non-hydrogen) atoms. The second-order valence-electron chi connectivity index (χ2n) is 6.27. The van der Waals surface area contributed by atoms with Crippen LogP contribution in [0.5, 0.6) is 0 Å². The van der Waals surface area contributed by atoms with E-state index in [1.165, 1.54) is 0 Å². The van der Waals surface area contributed by atoms with Gasteiger partial charge in [0.1, 0.15) is 6.17 Å². The van der Waals surface area contributed by atoms with Crippen molar-refractivity contribution in [2.45, 2.75) is 30.2 Å². The van der Waals surface area contributed by atoms with E-state index in [1.54, 1.807) is 0 Å². The van der Waals surface area contributed by atoms with Crippen LogP contribution in [0.15, 0.2) is 42.5 Å². The number of carbonyl (C=O) groups is 1. The largest absolute Gasteiger partial charge is 0.339 e. The molecule has 3 N–H and O–H groups in total. The molecule has 1 amide bonds. The molecule has 2 rings (SSSR count). The fourth-order valence-electron chi connectivity index (χ4n) is 2.41. The van der Waals surface area contributed by atoms with Gasteiger partial charge < -0.3 is 16.0 Å². The standard InChI is InChI=1S/C18H20Cl3N3OS/c1-11(2)10-15(25)23-16(18(19,20)21)24-17(26)22-14-9-5-7-12-6-3-4-8-13(12)14/h3-9,11,16H,10H2,1-2H3,(H,23,25)(H2,22,24,26)/t16-/m0/s1. The molecule has 0 spiro atoms. The van der Waals surface area contributed by atoms with Gasteiger partial charge in [0.25, 0.3) is 0 Å². The normalized spacial score (nSPS) is 12.7. The number of fused-ring (bicyclic) bond motifs is 1. The molecule has 0 bridgehead atoms. The number of amides is 1. The molecule has 0 aromatic heterocycles. The van der Waals surface area contributed by atoms with Crippen LogP contribution >= 0.6 is 47.0 Å². The number of benzene rings is 2. The monoisotopic (exact) mass is 431 g/mol. The van der Waals surface area contributed by atoms with Crippen LogP contribution in [0.25, 0.3) is 10.8 Å². The van der Waals surface area contributed by atoms with Gasteiger partial charge in [-0.05, 0) is 29.6 Å². The fourth-order valence-corrected chi connectivity index (χ4v) is 2.97. The molecule has 2 aromatic carbocycles. The molecule has 2 aromatic rings. The third-order valence-electron chi connectivity index (χ3n) is 3.54. The summed E-state index contributed by atoms with van der Waals surface area (Å²) < 4.78 is -1.77. The SMILES string of the molecule is CC(C)CC(=O)N[C@@H](NC(=S)Nc1cccc2ccccc12)C(Cl)(Cl)Cl. The highest BCUT2D eigenvalue weighted by atomic mass is 35.6. The number of hydrogen-bond donors (Lipinski definition) is 3. The molecule has 0 saturated carbocycles. The third kappa shape index (κ3) is 6.16. The topological polar surface area (TPSA) is 53.2 Å². The van der Waals surface area contributed by atoms with Crippen LogP contribution in [-0.2, 0) is 4.79 Å². The maximum atomic E-state index is 12.0. The lowest BCUT2D eigenvalue weighted by Gasteiger charge is -2.28. The van der Waals surface area contributed by atoms with E-state index in [-0.39, 0.29) is 16.9 Å². The Balaban J connectivity index is 2.10. The lowest BCUT2D eigenvalue weighted by atomic mass is 10.1. The van der Waals surface area contributed by atoms with E-state index in [2.05, 4.69) is 16.0 Å². The zero-order valence-electron chi connectivity index (χ0n) is 14.4. The number of anilines is 1. The molecule has 1 atom stereocenters. The van der Waals surface area contributed by atoms with Gasteiger partial charge in [-0.3, -0.25) is 4.79 Å². The minimum Gasteiger partial charge on any atom is -0.339 e. The quantitative estimate of drug-likeness (QED) is 0.354. The summed E-state index contributed by atoms with van der Waals surface area (Å²) in [6.07, 6.45) is -0.642. The van der Waals surface area contributed by atoms with Gasteiger partial charge in [-0.1, -0.05) is 85.0 Å². The van der Waals surface area contributed by atoms with Crippen molar-refractivity contribution in [3.05, 3.63) is 42.5 Å². The number of carbonyl (C=O) groups excluding carboxylic acids is 1. The summed E-state index contributed by atoms with van der Waals surface area (Å²) in [5, 5.41) is 10.9. The molecule has 0 heterocycles. The second kappa shape index (κ2) is 9.09. The van der Waals surface area contributed by atoms with E-state index in [9.17, 15) is 4.79 Å². The number of rotatable bonds is 5. The summed E-state index contributed by atoms with van der Waals surface area (Å²) in [4.78, 5) is 12.0. The van der Waals surface area contributed by atoms with Crippen molar-refractivity contribution in [3.63, 3.8) is 0 Å². The molecule has 0 saturated heterocycles. The average molecular weight is 433 g/mol. The first-order chi connectivity index (χ1) is 12.2. The van der Waals surface area contributed by atoms with Gasteiger partial charge in [-0.15, -0.1) is 0 Å². The van der Waals surface area contributed by atoms with Gasteiger partial charge in [0.2, 0.25) is 9.70 Å². The number of nitrogens with one attached hydrogen (secondary N) is 3. The van der Waals surface area contributed by atoms with E-state index >= 15 is 0 Å². The Morgan fingerprint density at radius 1 is 1.08 bits per heavy atom. The van der Waals surface area contributed by atoms with E-state index in [4.69, 9.17) is 47.0 Å². The van der Waals surface area contributed by atoms with Crippen LogP contribution in [0.3, 0.4) is 0 Å². The summed E-state index contributed by atoms with van der Waals surface area (Å²) in [6.45, 7) is 3.87. The van der Waals surface area contributed by atoms with Crippen LogP contribution < -0.4 is 16.0 Å². The molecule has 0 radical (unpaired) electrons. The van der Waals surface area contributed by atoms with Crippen molar-refractivity contribution in [2.24, 2.45) is 5.92 Å². The van der Waals surface area contributed by atoms with Gasteiger partial charge in [-0.2, -0.15) is 0 Å². The van der Waals surface area contributed by atoms with Gasteiger partial charge in [0.05, 0.1) is 0 Å². The average Bonchev–Trinajstić information content (AvgIpc) is 2.53. The zero-order valence-corrected chi connectivity index (χ0v) is 17.4. The minimum atomic E-state index is -1.77. The fraction of sp³-hybridized carbons (Fsp3) is 0.333. The number of halogens is 3. The van der Waals surface area contributed by atoms with E-state index in [0.717, 1.165) is 16.5 Å². The first kappa shape index (κ1) is 21.0. The van der Waals surface area contributed by atoms with Crippen molar-refractivity contribution in [1.82, 2.24) is 10.6 Å². The first-order valence-corrected chi connectivity index (χ1v) is 9.62. The molecule has 0 aliphatic rings. The first-order valence-electron chi connectivity index (χ1n) is 8.08. The Hall–Kier alpha value is -1.27. The van der Waals surface area contributed by atoms with Gasteiger partial charge >= 0.3 is 0 Å². The van der Waals surface area contributed by atoms with Crippen LogP contribution in [0.1, 0.15) is 20.3 Å². The highest BCUT2D eigenvalue weighted by molar-refractivity contribution is 7.80. The van der Waals surface area contributed by atoms with Crippen LogP contribution in [0.2, 0.25) is 0 Å². The number of hydrogen-bond acceptors (Lipinski definition) is 2. The van der Waals surface area contributed by atoms with E-state index in [1.807, 2.05) is 56.3 Å². The van der Waals surface area contributed by atoms with E-state index in [0.29, 0.717) is 6.42 Å². The number of thiocarbonyl (C=S) groups is 1. The summed E-state index contributed by atoms with van der Waals surface area (Å²) in [7, 11) is 0. The van der Waals surface area contributed by atoms with Crippen molar-refractivity contribution >= 4 is 74.5 Å². The Kier molecular flexibility index (Phi) is 7.35. The maximum absolute atomic E-state index is 12.0. The molecular weight excluding hydrogens is 413 g/mol. The van der Waals surface area contributed by atoms with Crippen molar-refractivity contribution < 1.29 is 4.79 Å². The van der Waals surface area contributed by atoms with Crippen LogP contribution in [0.4, 0.5) is 5.69 Å². The Labute approximate surface area is 173 Å². The molecule has 0 aliphatic carbocycles. The molecule has 0 fully saturated rings. The molecule has 140 valence electrons. The summed E-state index contributed by atoms with van der Waals surface area (Å²) in [5.41, 5.74) is 0.817. The highest BCUT2D eigenvalue weighted by Gasteiger charge is 2.34. The second-order valence-corrected chi connectivity index (χ2v) is 9.04. The third-order valence-corrected chi connectivity index (χ3v) is 4.41. The Morgan fingerprint density at radius 3 is 2.38 bits per heavy atom. The smallest absolute Gasteiger partial charge is 0.228 e. The zero-order chi connectivity index (χ0) is 19.3. The molecule has 8 heteroatoms. The molecule has 4 nitrogen and oxygen atoms in total. The Bertz CT molecular complexity index is 787. The predicted octanol–water partition coefficient (Wildman–Crippen LogP) is 4.98. The molecule has 0 unspecified atom stereocenters.